The van der Waals surface area contributed by atoms with Crippen molar-refractivity contribution >= 4 is 28.7 Å². The quantitative estimate of drug-likeness (QED) is 0.235. The predicted molar refractivity (Wildman–Crippen MR) is 171 cm³/mol. The number of hydrogen-bond donors (Lipinski definition) is 2. The van der Waals surface area contributed by atoms with Crippen molar-refractivity contribution in [2.24, 2.45) is 0 Å². The molecule has 234 valence electrons. The number of carbonyl (C=O) groups is 2. The number of carbonyl (C=O) groups excluding carboxylic acids is 2. The highest BCUT2D eigenvalue weighted by Crippen LogP contribution is 2.31. The van der Waals surface area contributed by atoms with E-state index in [9.17, 15) is 9.59 Å². The molecule has 5 aromatic rings. The fourth-order valence-corrected chi connectivity index (χ4v) is 5.67. The van der Waals surface area contributed by atoms with Crippen LogP contribution >= 0.6 is 0 Å². The summed E-state index contributed by atoms with van der Waals surface area (Å²) in [5.74, 6) is 0.877. The number of methoxy groups -OCH3 is 1. The van der Waals surface area contributed by atoms with Gasteiger partial charge in [0.05, 0.1) is 18.5 Å². The lowest BCUT2D eigenvalue weighted by molar-refractivity contribution is 0.0452. The van der Waals surface area contributed by atoms with Gasteiger partial charge >= 0.3 is 6.09 Å². The summed E-state index contributed by atoms with van der Waals surface area (Å²) in [7, 11) is 1.58. The number of hydrogen-bond acceptors (Lipinski definition) is 7. The molecule has 11 nitrogen and oxygen atoms in total. The molecule has 0 unspecified atom stereocenters. The second-order valence-electron chi connectivity index (χ2n) is 12.3. The maximum absolute atomic E-state index is 13.7. The van der Waals surface area contributed by atoms with Gasteiger partial charge in [-0.05, 0) is 64.3 Å². The van der Waals surface area contributed by atoms with Crippen LogP contribution in [0.5, 0.6) is 11.8 Å². The lowest BCUT2D eigenvalue weighted by Crippen LogP contribution is -2.50. The molecule has 1 atom stereocenters. The number of amides is 2. The number of rotatable bonds is 7. The molecule has 0 saturated carbocycles. The van der Waals surface area contributed by atoms with Crippen LogP contribution < -0.4 is 14.8 Å². The van der Waals surface area contributed by atoms with Gasteiger partial charge in [-0.25, -0.2) is 9.78 Å². The van der Waals surface area contributed by atoms with Crippen LogP contribution in [0.2, 0.25) is 0 Å². The second-order valence-corrected chi connectivity index (χ2v) is 12.3. The minimum atomic E-state index is -0.593. The maximum atomic E-state index is 13.7. The lowest BCUT2D eigenvalue weighted by Gasteiger charge is -2.33. The molecule has 0 radical (unpaired) electrons. The van der Waals surface area contributed by atoms with Gasteiger partial charge < -0.3 is 29.4 Å². The highest BCUT2D eigenvalue weighted by atomic mass is 16.6. The van der Waals surface area contributed by atoms with Crippen molar-refractivity contribution in [1.82, 2.24) is 29.6 Å². The van der Waals surface area contributed by atoms with Gasteiger partial charge in [0.2, 0.25) is 5.88 Å². The normalized spacial score (nSPS) is 15.3. The van der Waals surface area contributed by atoms with Gasteiger partial charge in [0, 0.05) is 42.2 Å². The van der Waals surface area contributed by atoms with E-state index < -0.39 is 11.7 Å². The number of nitrogens with zero attached hydrogens (tertiary/aromatic N) is 4. The predicted octanol–water partition coefficient (Wildman–Crippen LogP) is 5.90. The van der Waals surface area contributed by atoms with E-state index in [0.717, 1.165) is 40.9 Å². The summed E-state index contributed by atoms with van der Waals surface area (Å²) in [5, 5.41) is 3.84. The van der Waals surface area contributed by atoms with E-state index in [-0.39, 0.29) is 11.9 Å². The van der Waals surface area contributed by atoms with E-state index in [1.54, 1.807) is 24.1 Å². The Labute approximate surface area is 261 Å². The highest BCUT2D eigenvalue weighted by molar-refractivity contribution is 5.96. The molecule has 1 fully saturated rings. The van der Waals surface area contributed by atoms with Gasteiger partial charge in [0.25, 0.3) is 5.91 Å². The standard InChI is InChI=1S/C34H38N6O5/c1-21-30(26-16-23-13-14-28(38-31(23)36-26)44-20-22-10-7-6-8-11-22)37-27-17-24(18-29(43-5)40(21)27)32(41)39-15-9-12-25(19-39)35-33(42)45-34(2,3)4/h6-8,10-11,13-14,16-18,25H,9,12,15,19-20H2,1-5H3,(H,35,42)(H,36,38)/t25-/m1/s1. The third-order valence-electron chi connectivity index (χ3n) is 7.74. The van der Waals surface area contributed by atoms with Crippen molar-refractivity contribution in [2.75, 3.05) is 20.2 Å². The third-order valence-corrected chi connectivity index (χ3v) is 7.74. The van der Waals surface area contributed by atoms with E-state index in [0.29, 0.717) is 48.3 Å². The first-order valence-electron chi connectivity index (χ1n) is 15.1. The Balaban J connectivity index is 1.23. The molecule has 1 saturated heterocycles. The van der Waals surface area contributed by atoms with Crippen molar-refractivity contribution in [3.63, 3.8) is 0 Å². The fraction of sp³-hybridized carbons (Fsp3) is 0.353. The van der Waals surface area contributed by atoms with Crippen molar-refractivity contribution in [1.29, 1.82) is 0 Å². The first-order chi connectivity index (χ1) is 21.6. The Morgan fingerprint density at radius 1 is 1.07 bits per heavy atom. The molecule has 4 aromatic heterocycles. The smallest absolute Gasteiger partial charge is 0.407 e. The van der Waals surface area contributed by atoms with E-state index in [1.807, 2.05) is 80.6 Å². The lowest BCUT2D eigenvalue weighted by atomic mass is 10.0. The highest BCUT2D eigenvalue weighted by Gasteiger charge is 2.28. The molecule has 2 amide bonds. The number of fused-ring (bicyclic) bond motifs is 2. The van der Waals surface area contributed by atoms with Crippen LogP contribution in [0.25, 0.3) is 28.1 Å². The average molecular weight is 611 g/mol. The molecule has 1 aliphatic heterocycles. The molecule has 6 rings (SSSR count). The van der Waals surface area contributed by atoms with Gasteiger partial charge in [-0.2, -0.15) is 4.98 Å². The van der Waals surface area contributed by atoms with Crippen molar-refractivity contribution < 1.29 is 23.8 Å². The van der Waals surface area contributed by atoms with E-state index >= 15 is 0 Å². The minimum Gasteiger partial charge on any atom is -0.482 e. The number of pyridine rings is 2. The summed E-state index contributed by atoms with van der Waals surface area (Å²) in [6.07, 6.45) is 1.06. The number of likely N-dealkylation sites (tertiary alicyclic amines) is 1. The average Bonchev–Trinajstić information content (AvgIpc) is 3.59. The van der Waals surface area contributed by atoms with Crippen LogP contribution in [0, 0.1) is 6.92 Å². The van der Waals surface area contributed by atoms with E-state index in [4.69, 9.17) is 19.2 Å². The molecule has 2 N–H and O–H groups in total. The Kier molecular flexibility index (Phi) is 8.09. The second kappa shape index (κ2) is 12.1. The Morgan fingerprint density at radius 3 is 2.62 bits per heavy atom. The molecular formula is C34H38N6O5. The molecule has 5 heterocycles. The number of aromatic nitrogens is 4. The summed E-state index contributed by atoms with van der Waals surface area (Å²) in [4.78, 5) is 40.7. The maximum Gasteiger partial charge on any atom is 0.407 e. The van der Waals surface area contributed by atoms with Crippen LogP contribution in [0.4, 0.5) is 4.79 Å². The summed E-state index contributed by atoms with van der Waals surface area (Å²) in [5.41, 5.74) is 4.59. The number of piperidine rings is 1. The first-order valence-corrected chi connectivity index (χ1v) is 15.1. The molecule has 0 spiro atoms. The zero-order valence-electron chi connectivity index (χ0n) is 26.2. The Bertz CT molecular complexity index is 1860. The van der Waals surface area contributed by atoms with E-state index in [2.05, 4.69) is 15.3 Å². The van der Waals surface area contributed by atoms with Crippen molar-refractivity contribution in [2.45, 2.75) is 58.8 Å². The summed E-state index contributed by atoms with van der Waals surface area (Å²) in [6, 6.07) is 19.1. The fourth-order valence-electron chi connectivity index (χ4n) is 5.67. The van der Waals surface area contributed by atoms with Gasteiger partial charge in [-0.15, -0.1) is 0 Å². The van der Waals surface area contributed by atoms with Gasteiger partial charge in [-0.1, -0.05) is 30.3 Å². The van der Waals surface area contributed by atoms with Gasteiger partial charge in [0.1, 0.15) is 29.2 Å². The molecule has 1 aromatic carbocycles. The van der Waals surface area contributed by atoms with Gasteiger partial charge in [0.15, 0.2) is 5.88 Å². The third kappa shape index (κ3) is 6.57. The van der Waals surface area contributed by atoms with Gasteiger partial charge in [-0.3, -0.25) is 9.20 Å². The Hall–Kier alpha value is -5.06. The summed E-state index contributed by atoms with van der Waals surface area (Å²) < 4.78 is 19.0. The number of aryl methyl sites for hydroxylation is 1. The summed E-state index contributed by atoms with van der Waals surface area (Å²) >= 11 is 0. The molecular weight excluding hydrogens is 572 g/mol. The number of ether oxygens (including phenoxy) is 3. The topological polar surface area (TPSA) is 123 Å². The number of benzene rings is 1. The largest absolute Gasteiger partial charge is 0.482 e. The first kappa shape index (κ1) is 30.0. The molecule has 45 heavy (non-hydrogen) atoms. The molecule has 11 heteroatoms. The summed E-state index contributed by atoms with van der Waals surface area (Å²) in [6.45, 7) is 8.85. The minimum absolute atomic E-state index is 0.147. The van der Waals surface area contributed by atoms with E-state index in [1.165, 1.54) is 0 Å². The monoisotopic (exact) mass is 610 g/mol. The number of H-pyrrole nitrogens is 1. The number of imidazole rings is 1. The molecule has 0 bridgehead atoms. The van der Waals surface area contributed by atoms with Crippen molar-refractivity contribution in [3.8, 4) is 23.1 Å². The zero-order chi connectivity index (χ0) is 31.7. The number of aromatic amines is 1. The van der Waals surface area contributed by atoms with Crippen LogP contribution in [0.15, 0.2) is 60.7 Å². The van der Waals surface area contributed by atoms with Crippen LogP contribution in [0.3, 0.4) is 0 Å². The Morgan fingerprint density at radius 2 is 1.87 bits per heavy atom. The van der Waals surface area contributed by atoms with Crippen LogP contribution in [-0.2, 0) is 11.3 Å². The number of alkyl carbamates (subject to hydrolysis) is 1. The number of nitrogens with one attached hydrogen (secondary N) is 2. The SMILES string of the molecule is COc1cc(C(=O)N2CCC[C@@H](NC(=O)OC(C)(C)C)C2)cc2nc(-c3cc4ccc(OCc5ccccc5)nc4[nH]3)c(C)n12. The molecule has 1 aliphatic rings. The van der Waals surface area contributed by atoms with Crippen LogP contribution in [-0.4, -0.2) is 68.1 Å². The van der Waals surface area contributed by atoms with Crippen molar-refractivity contribution in [3.05, 3.63) is 77.5 Å². The van der Waals surface area contributed by atoms with Crippen LogP contribution in [0.1, 0.15) is 55.2 Å². The zero-order valence-corrected chi connectivity index (χ0v) is 26.2. The molecule has 0 aliphatic carbocycles.